The van der Waals surface area contributed by atoms with Gasteiger partial charge in [0.25, 0.3) is 5.91 Å². The average Bonchev–Trinajstić information content (AvgIpc) is 2.96. The molecule has 1 aliphatic heterocycles. The van der Waals surface area contributed by atoms with E-state index in [9.17, 15) is 4.79 Å². The van der Waals surface area contributed by atoms with Crippen LogP contribution in [0.15, 0.2) is 35.1 Å². The summed E-state index contributed by atoms with van der Waals surface area (Å²) in [6.07, 6.45) is 6.02. The van der Waals surface area contributed by atoms with E-state index in [1.54, 1.807) is 18.6 Å². The second-order valence-electron chi connectivity index (χ2n) is 7.55. The van der Waals surface area contributed by atoms with Crippen LogP contribution in [0.4, 0.5) is 17.3 Å². The van der Waals surface area contributed by atoms with Crippen LogP contribution in [0.25, 0.3) is 11.1 Å². The number of pyridine rings is 2. The molecule has 2 atom stereocenters. The molecule has 1 aliphatic rings. The van der Waals surface area contributed by atoms with Gasteiger partial charge in [0.1, 0.15) is 11.1 Å². The van der Waals surface area contributed by atoms with Crippen LogP contribution in [0, 0.1) is 12.8 Å². The highest BCUT2D eigenvalue weighted by molar-refractivity contribution is 6.15. The Bertz CT molecular complexity index is 1020. The Hall–Kier alpha value is -3.13. The quantitative estimate of drug-likeness (QED) is 0.638. The van der Waals surface area contributed by atoms with Gasteiger partial charge < -0.3 is 26.1 Å². The number of aryl methyl sites for hydroxylation is 1. The van der Waals surface area contributed by atoms with Crippen molar-refractivity contribution in [1.82, 2.24) is 9.97 Å². The predicted octanol–water partition coefficient (Wildman–Crippen LogP) is 2.54. The molecular weight excluding hydrogens is 356 g/mol. The summed E-state index contributed by atoms with van der Waals surface area (Å²) in [5.41, 5.74) is 15.7. The van der Waals surface area contributed by atoms with Crippen molar-refractivity contribution < 1.29 is 9.21 Å². The molecule has 1 saturated heterocycles. The minimum absolute atomic E-state index is 0.0460. The number of rotatable bonds is 3. The third-order valence-corrected chi connectivity index (χ3v) is 5.00. The molecule has 0 unspecified atom stereocenters. The van der Waals surface area contributed by atoms with Crippen molar-refractivity contribution in [2.24, 2.45) is 11.7 Å². The third kappa shape index (κ3) is 3.38. The molecule has 3 aromatic heterocycles. The van der Waals surface area contributed by atoms with Gasteiger partial charge in [-0.1, -0.05) is 6.92 Å². The molecule has 0 aliphatic carbocycles. The van der Waals surface area contributed by atoms with Gasteiger partial charge in [-0.25, -0.2) is 0 Å². The van der Waals surface area contributed by atoms with Gasteiger partial charge in [0.05, 0.1) is 17.6 Å². The number of hydrogen-bond donors (Lipinski definition) is 3. The average molecular weight is 380 g/mol. The number of nitrogens with zero attached hydrogens (tertiary/aromatic N) is 3. The summed E-state index contributed by atoms with van der Waals surface area (Å²) < 4.78 is 5.53. The lowest BCUT2D eigenvalue weighted by Crippen LogP contribution is -2.46. The van der Waals surface area contributed by atoms with E-state index in [1.165, 1.54) is 0 Å². The van der Waals surface area contributed by atoms with Gasteiger partial charge in [-0.2, -0.15) is 0 Å². The molecule has 1 fully saturated rings. The smallest absolute Gasteiger partial charge is 0.263 e. The fraction of sp³-hybridized carbons (Fsp3) is 0.350. The third-order valence-electron chi connectivity index (χ3n) is 5.00. The van der Waals surface area contributed by atoms with Gasteiger partial charge in [0, 0.05) is 31.5 Å². The van der Waals surface area contributed by atoms with Crippen LogP contribution in [0.5, 0.6) is 0 Å². The molecule has 8 nitrogen and oxygen atoms in total. The van der Waals surface area contributed by atoms with Gasteiger partial charge in [-0.05, 0) is 37.0 Å². The standard InChI is InChI=1S/C20H24N6O2/c1-11-6-16-18(24-7-11)17(19(22)28-16)20(27)25-14-8-23-4-3-15(14)26-9-12(2)5-13(21)10-26/h3-4,6-8,12-13H,5,9-10,21-22H2,1-2H3,(H,25,27)/t12-,13+/m0/s1. The molecule has 0 saturated carbocycles. The molecular formula is C20H24N6O2. The van der Waals surface area contributed by atoms with Crippen LogP contribution in [0.3, 0.4) is 0 Å². The Kier molecular flexibility index (Phi) is 4.64. The van der Waals surface area contributed by atoms with Crippen molar-refractivity contribution in [2.75, 3.05) is 29.0 Å². The molecule has 4 rings (SSSR count). The highest BCUT2D eigenvalue weighted by atomic mass is 16.3. The van der Waals surface area contributed by atoms with E-state index in [1.807, 2.05) is 19.1 Å². The Morgan fingerprint density at radius 3 is 2.96 bits per heavy atom. The van der Waals surface area contributed by atoms with Crippen molar-refractivity contribution in [1.29, 1.82) is 0 Å². The number of carbonyl (C=O) groups is 1. The topological polar surface area (TPSA) is 123 Å². The van der Waals surface area contributed by atoms with Crippen LogP contribution in [-0.4, -0.2) is 35.0 Å². The Balaban J connectivity index is 1.65. The first-order chi connectivity index (χ1) is 13.4. The Morgan fingerprint density at radius 1 is 1.36 bits per heavy atom. The zero-order chi connectivity index (χ0) is 19.8. The second kappa shape index (κ2) is 7.12. The Morgan fingerprint density at radius 2 is 2.18 bits per heavy atom. The lowest BCUT2D eigenvalue weighted by atomic mass is 9.96. The van der Waals surface area contributed by atoms with E-state index in [4.69, 9.17) is 15.9 Å². The van der Waals surface area contributed by atoms with Crippen LogP contribution < -0.4 is 21.7 Å². The fourth-order valence-electron chi connectivity index (χ4n) is 3.85. The number of aromatic nitrogens is 2. The maximum absolute atomic E-state index is 13.0. The summed E-state index contributed by atoms with van der Waals surface area (Å²) in [6.45, 7) is 5.68. The second-order valence-corrected chi connectivity index (χ2v) is 7.55. The lowest BCUT2D eigenvalue weighted by Gasteiger charge is -2.37. The molecule has 146 valence electrons. The van der Waals surface area contributed by atoms with Gasteiger partial charge in [-0.3, -0.25) is 14.8 Å². The number of furan rings is 1. The first kappa shape index (κ1) is 18.2. The molecule has 5 N–H and O–H groups in total. The van der Waals surface area contributed by atoms with Crippen LogP contribution >= 0.6 is 0 Å². The molecule has 0 aromatic carbocycles. The van der Waals surface area contributed by atoms with Gasteiger partial charge >= 0.3 is 0 Å². The van der Waals surface area contributed by atoms with Gasteiger partial charge in [0.2, 0.25) is 5.88 Å². The number of amides is 1. The molecule has 1 amide bonds. The van der Waals surface area contributed by atoms with E-state index >= 15 is 0 Å². The van der Waals surface area contributed by atoms with Gasteiger partial charge in [0.15, 0.2) is 5.58 Å². The Labute approximate surface area is 162 Å². The maximum atomic E-state index is 13.0. The summed E-state index contributed by atoms with van der Waals surface area (Å²) in [5, 5.41) is 2.92. The minimum Gasteiger partial charge on any atom is -0.438 e. The van der Waals surface area contributed by atoms with Crippen molar-refractivity contribution in [3.8, 4) is 0 Å². The molecule has 28 heavy (non-hydrogen) atoms. The minimum atomic E-state index is -0.379. The number of nitrogens with two attached hydrogens (primary N) is 2. The number of fused-ring (bicyclic) bond motifs is 1. The van der Waals surface area contributed by atoms with Crippen molar-refractivity contribution in [3.05, 3.63) is 41.9 Å². The zero-order valence-corrected chi connectivity index (χ0v) is 16.0. The van der Waals surface area contributed by atoms with E-state index < -0.39 is 0 Å². The number of nitrogens with one attached hydrogen (secondary N) is 1. The van der Waals surface area contributed by atoms with Gasteiger partial charge in [-0.15, -0.1) is 0 Å². The van der Waals surface area contributed by atoms with Crippen LogP contribution in [-0.2, 0) is 0 Å². The molecule has 0 radical (unpaired) electrons. The molecule has 0 spiro atoms. The van der Waals surface area contributed by atoms with E-state index in [0.717, 1.165) is 30.8 Å². The fourth-order valence-corrected chi connectivity index (χ4v) is 3.85. The SMILES string of the molecule is Cc1cnc2c(C(=O)Nc3cnccc3N3C[C@@H](C)C[C@@H](N)C3)c(N)oc2c1. The largest absolute Gasteiger partial charge is 0.438 e. The number of piperidine rings is 1. The van der Waals surface area contributed by atoms with Crippen molar-refractivity contribution in [3.63, 3.8) is 0 Å². The zero-order valence-electron chi connectivity index (χ0n) is 16.0. The molecule has 0 bridgehead atoms. The number of anilines is 3. The first-order valence-electron chi connectivity index (χ1n) is 9.33. The monoisotopic (exact) mass is 380 g/mol. The maximum Gasteiger partial charge on any atom is 0.263 e. The summed E-state index contributed by atoms with van der Waals surface area (Å²) >= 11 is 0. The van der Waals surface area contributed by atoms with Crippen molar-refractivity contribution >= 4 is 34.3 Å². The van der Waals surface area contributed by atoms with Crippen LogP contribution in [0.1, 0.15) is 29.3 Å². The predicted molar refractivity (Wildman–Crippen MR) is 109 cm³/mol. The first-order valence-corrected chi connectivity index (χ1v) is 9.33. The van der Waals surface area contributed by atoms with E-state index in [-0.39, 0.29) is 23.4 Å². The number of carbonyl (C=O) groups excluding carboxylic acids is 1. The number of hydrogen-bond acceptors (Lipinski definition) is 7. The summed E-state index contributed by atoms with van der Waals surface area (Å²) in [7, 11) is 0. The summed E-state index contributed by atoms with van der Waals surface area (Å²) in [4.78, 5) is 23.7. The highest BCUT2D eigenvalue weighted by Gasteiger charge is 2.26. The summed E-state index contributed by atoms with van der Waals surface area (Å²) in [6, 6.07) is 3.79. The molecule has 4 heterocycles. The number of nitrogen functional groups attached to an aromatic ring is 1. The highest BCUT2D eigenvalue weighted by Crippen LogP contribution is 2.31. The lowest BCUT2D eigenvalue weighted by molar-refractivity contribution is 0.102. The normalized spacial score (nSPS) is 19.8. The van der Waals surface area contributed by atoms with E-state index in [0.29, 0.717) is 22.7 Å². The molecule has 8 heteroatoms. The van der Waals surface area contributed by atoms with Crippen molar-refractivity contribution in [2.45, 2.75) is 26.3 Å². The van der Waals surface area contributed by atoms with E-state index in [2.05, 4.69) is 27.1 Å². The van der Waals surface area contributed by atoms with Crippen LogP contribution in [0.2, 0.25) is 0 Å². The summed E-state index contributed by atoms with van der Waals surface area (Å²) in [5.74, 6) is 0.141. The molecule has 3 aromatic rings.